The highest BCUT2D eigenvalue weighted by molar-refractivity contribution is 5.72. The minimum atomic E-state index is -0.614. The summed E-state index contributed by atoms with van der Waals surface area (Å²) in [7, 11) is 0. The molecule has 0 aromatic carbocycles. The van der Waals surface area contributed by atoms with E-state index >= 15 is 0 Å². The van der Waals surface area contributed by atoms with Gasteiger partial charge in [0.25, 0.3) is 0 Å². The van der Waals surface area contributed by atoms with Gasteiger partial charge in [0.15, 0.2) is 0 Å². The summed E-state index contributed by atoms with van der Waals surface area (Å²) in [5, 5.41) is 34.0. The van der Waals surface area contributed by atoms with Crippen LogP contribution in [0.3, 0.4) is 0 Å². The molecule has 0 aromatic rings. The molecule has 6 unspecified atom stereocenters. The number of hydrogen-bond acceptors (Lipinski definition) is 4. The molecule has 0 spiro atoms. The van der Waals surface area contributed by atoms with Gasteiger partial charge in [-0.1, -0.05) is 37.1 Å². The van der Waals surface area contributed by atoms with Crippen molar-refractivity contribution in [3.05, 3.63) is 24.3 Å². The Morgan fingerprint density at radius 1 is 0.643 bits per heavy atom. The molecule has 2 fully saturated rings. The average Bonchev–Trinajstić information content (AvgIpc) is 3.47. The van der Waals surface area contributed by atoms with E-state index in [0.29, 0.717) is 23.7 Å². The zero-order valence-electron chi connectivity index (χ0n) is 16.4. The molecule has 6 nitrogen and oxygen atoms in total. The Balaban J connectivity index is 0.000000152. The number of carboxylic acid groups (broad SMARTS) is 2. The van der Waals surface area contributed by atoms with E-state index in [0.717, 1.165) is 51.4 Å². The van der Waals surface area contributed by atoms with Crippen LogP contribution >= 0.6 is 0 Å². The predicted molar refractivity (Wildman–Crippen MR) is 106 cm³/mol. The van der Waals surface area contributed by atoms with Gasteiger partial charge >= 0.3 is 11.9 Å². The Kier molecular flexibility index (Phi) is 9.19. The second-order valence-corrected chi connectivity index (χ2v) is 8.31. The molecule has 0 saturated heterocycles. The number of aliphatic carboxylic acids is 2. The molecule has 4 N–H and O–H groups in total. The first kappa shape index (κ1) is 22.6. The first-order valence-electron chi connectivity index (χ1n) is 10.5. The van der Waals surface area contributed by atoms with Crippen molar-refractivity contribution in [3.63, 3.8) is 0 Å². The Labute approximate surface area is 167 Å². The van der Waals surface area contributed by atoms with Gasteiger partial charge in [-0.2, -0.15) is 0 Å². The van der Waals surface area contributed by atoms with Crippen LogP contribution in [0.5, 0.6) is 0 Å². The standard InChI is InChI=1S/2C8H10O2.C6H14O2/c2*9-8(10)7-4-5-1-2-6(7)3-5;7-5-3-1-2-4-6-8/h2*1-2,5-7H,3-4H2,(H,9,10);7-8H,1-6H2. The van der Waals surface area contributed by atoms with Crippen molar-refractivity contribution >= 4 is 11.9 Å². The van der Waals surface area contributed by atoms with Crippen molar-refractivity contribution in [1.82, 2.24) is 0 Å². The molecule has 6 atom stereocenters. The van der Waals surface area contributed by atoms with Crippen molar-refractivity contribution in [2.45, 2.75) is 51.4 Å². The maximum atomic E-state index is 10.6. The van der Waals surface area contributed by atoms with Crippen molar-refractivity contribution in [2.75, 3.05) is 13.2 Å². The van der Waals surface area contributed by atoms with Crippen LogP contribution < -0.4 is 0 Å². The lowest BCUT2D eigenvalue weighted by Gasteiger charge is -2.11. The van der Waals surface area contributed by atoms with E-state index in [9.17, 15) is 9.59 Å². The molecule has 0 radical (unpaired) electrons. The van der Waals surface area contributed by atoms with Gasteiger partial charge < -0.3 is 20.4 Å². The zero-order chi connectivity index (χ0) is 20.5. The Bertz CT molecular complexity index is 519. The van der Waals surface area contributed by atoms with Crippen LogP contribution in [-0.4, -0.2) is 45.6 Å². The Hall–Kier alpha value is -1.66. The smallest absolute Gasteiger partial charge is 0.307 e. The van der Waals surface area contributed by atoms with E-state index in [1.807, 2.05) is 0 Å². The minimum absolute atomic E-state index is 0.0741. The van der Waals surface area contributed by atoms with Gasteiger partial charge in [0.05, 0.1) is 11.8 Å². The van der Waals surface area contributed by atoms with Crippen LogP contribution in [0.1, 0.15) is 51.4 Å². The second kappa shape index (κ2) is 11.4. The van der Waals surface area contributed by atoms with Gasteiger partial charge in [0, 0.05) is 13.2 Å². The van der Waals surface area contributed by atoms with E-state index in [1.54, 1.807) is 0 Å². The SMILES string of the molecule is O=C(O)C1CC2C=CC1C2.O=C(O)C1CC2C=CC1C2.OCCCCCCO. The van der Waals surface area contributed by atoms with Gasteiger partial charge in [-0.25, -0.2) is 0 Å². The molecule has 4 aliphatic carbocycles. The molecule has 0 aliphatic heterocycles. The fraction of sp³-hybridized carbons (Fsp3) is 0.727. The van der Waals surface area contributed by atoms with Crippen molar-refractivity contribution in [3.8, 4) is 0 Å². The quantitative estimate of drug-likeness (QED) is 0.390. The molecule has 0 amide bonds. The molecule has 2 saturated carbocycles. The van der Waals surface area contributed by atoms with Crippen LogP contribution in [0.15, 0.2) is 24.3 Å². The highest BCUT2D eigenvalue weighted by Crippen LogP contribution is 2.44. The molecule has 4 bridgehead atoms. The molecule has 0 heterocycles. The van der Waals surface area contributed by atoms with E-state index in [-0.39, 0.29) is 25.0 Å². The lowest BCUT2D eigenvalue weighted by molar-refractivity contribution is -0.143. The Morgan fingerprint density at radius 3 is 1.21 bits per heavy atom. The molecule has 0 aromatic heterocycles. The number of carboxylic acids is 2. The number of aliphatic hydroxyl groups is 2. The lowest BCUT2D eigenvalue weighted by atomic mass is 9.94. The summed E-state index contributed by atoms with van der Waals surface area (Å²) in [6.07, 6.45) is 16.2. The largest absolute Gasteiger partial charge is 0.481 e. The zero-order valence-corrected chi connectivity index (χ0v) is 16.4. The van der Waals surface area contributed by atoms with E-state index < -0.39 is 11.9 Å². The number of unbranched alkanes of at least 4 members (excludes halogenated alkanes) is 3. The number of aliphatic hydroxyl groups excluding tert-OH is 2. The van der Waals surface area contributed by atoms with Gasteiger partial charge in [-0.15, -0.1) is 0 Å². The number of hydrogen-bond donors (Lipinski definition) is 4. The first-order valence-corrected chi connectivity index (χ1v) is 10.5. The number of fused-ring (bicyclic) bond motifs is 4. The van der Waals surface area contributed by atoms with Crippen molar-refractivity contribution in [2.24, 2.45) is 35.5 Å². The summed E-state index contributed by atoms with van der Waals surface area (Å²) in [6, 6.07) is 0. The van der Waals surface area contributed by atoms with Gasteiger partial charge in [0.2, 0.25) is 0 Å². The van der Waals surface area contributed by atoms with Gasteiger partial charge in [-0.3, -0.25) is 9.59 Å². The number of carbonyl (C=O) groups is 2. The third-order valence-corrected chi connectivity index (χ3v) is 6.26. The maximum absolute atomic E-state index is 10.6. The molecule has 4 rings (SSSR count). The summed E-state index contributed by atoms with van der Waals surface area (Å²) in [4.78, 5) is 21.1. The highest BCUT2D eigenvalue weighted by atomic mass is 16.4. The molecule has 158 valence electrons. The number of allylic oxidation sites excluding steroid dienone is 4. The Morgan fingerprint density at radius 2 is 1.04 bits per heavy atom. The van der Waals surface area contributed by atoms with Crippen LogP contribution in [0.4, 0.5) is 0 Å². The van der Waals surface area contributed by atoms with Crippen LogP contribution in [0.25, 0.3) is 0 Å². The van der Waals surface area contributed by atoms with Crippen molar-refractivity contribution < 1.29 is 30.0 Å². The fourth-order valence-electron chi connectivity index (χ4n) is 4.71. The van der Waals surface area contributed by atoms with Crippen molar-refractivity contribution in [1.29, 1.82) is 0 Å². The highest BCUT2D eigenvalue weighted by Gasteiger charge is 2.40. The first-order chi connectivity index (χ1) is 13.5. The molecule has 4 aliphatic rings. The normalized spacial score (nSPS) is 33.2. The predicted octanol–water partition coefficient (Wildman–Crippen LogP) is 3.10. The third-order valence-electron chi connectivity index (χ3n) is 6.26. The minimum Gasteiger partial charge on any atom is -0.481 e. The topological polar surface area (TPSA) is 115 Å². The van der Waals surface area contributed by atoms with E-state index in [1.165, 1.54) is 0 Å². The molecule has 6 heteroatoms. The molecular weight excluding hydrogens is 360 g/mol. The summed E-state index contributed by atoms with van der Waals surface area (Å²) in [5.74, 6) is 0.473. The molecular formula is C22H34O6. The third kappa shape index (κ3) is 6.45. The summed E-state index contributed by atoms with van der Waals surface area (Å²) in [6.45, 7) is 0.566. The second-order valence-electron chi connectivity index (χ2n) is 8.31. The van der Waals surface area contributed by atoms with E-state index in [2.05, 4.69) is 24.3 Å². The summed E-state index contributed by atoms with van der Waals surface area (Å²) >= 11 is 0. The maximum Gasteiger partial charge on any atom is 0.307 e. The average molecular weight is 395 g/mol. The summed E-state index contributed by atoms with van der Waals surface area (Å²) < 4.78 is 0. The van der Waals surface area contributed by atoms with Gasteiger partial charge in [-0.05, 0) is 62.2 Å². The lowest BCUT2D eigenvalue weighted by Crippen LogP contribution is -2.17. The summed E-state index contributed by atoms with van der Waals surface area (Å²) in [5.41, 5.74) is 0. The number of rotatable bonds is 7. The fourth-order valence-corrected chi connectivity index (χ4v) is 4.71. The van der Waals surface area contributed by atoms with E-state index in [4.69, 9.17) is 20.4 Å². The van der Waals surface area contributed by atoms with Gasteiger partial charge in [0.1, 0.15) is 0 Å². The van der Waals surface area contributed by atoms with Crippen LogP contribution in [0, 0.1) is 35.5 Å². The molecule has 28 heavy (non-hydrogen) atoms. The van der Waals surface area contributed by atoms with Crippen LogP contribution in [-0.2, 0) is 9.59 Å². The van der Waals surface area contributed by atoms with Crippen LogP contribution in [0.2, 0.25) is 0 Å². The monoisotopic (exact) mass is 394 g/mol.